The third-order valence-corrected chi connectivity index (χ3v) is 4.46. The van der Waals surface area contributed by atoms with Gasteiger partial charge in [-0.05, 0) is 18.2 Å². The van der Waals surface area contributed by atoms with Crippen molar-refractivity contribution in [1.82, 2.24) is 20.1 Å². The van der Waals surface area contributed by atoms with Crippen LogP contribution in [0, 0.1) is 0 Å². The van der Waals surface area contributed by atoms with Crippen molar-refractivity contribution in [3.8, 4) is 0 Å². The first kappa shape index (κ1) is 11.6. The Labute approximate surface area is 119 Å². The highest BCUT2D eigenvalue weighted by molar-refractivity contribution is 7.16. The summed E-state index contributed by atoms with van der Waals surface area (Å²) in [5.41, 5.74) is 5.74. The van der Waals surface area contributed by atoms with Gasteiger partial charge in [-0.25, -0.2) is 4.98 Å². The smallest absolute Gasteiger partial charge is 0.254 e. The highest BCUT2D eigenvalue weighted by Crippen LogP contribution is 2.22. The highest BCUT2D eigenvalue weighted by Gasteiger charge is 2.23. The van der Waals surface area contributed by atoms with Gasteiger partial charge in [-0.2, -0.15) is 5.10 Å². The molecule has 1 aromatic carbocycles. The molecule has 0 saturated carbocycles. The Kier molecular flexibility index (Phi) is 2.56. The molecule has 0 saturated heterocycles. The second-order valence-corrected chi connectivity index (χ2v) is 5.77. The Hall–Kier alpha value is -2.21. The first-order chi connectivity index (χ1) is 9.81. The summed E-state index contributed by atoms with van der Waals surface area (Å²) in [6.07, 6.45) is 2.64. The van der Waals surface area contributed by atoms with Crippen molar-refractivity contribution in [2.75, 3.05) is 6.54 Å². The van der Waals surface area contributed by atoms with Crippen LogP contribution in [0.3, 0.4) is 0 Å². The van der Waals surface area contributed by atoms with Crippen LogP contribution in [0.1, 0.15) is 21.6 Å². The molecule has 100 valence electrons. The van der Waals surface area contributed by atoms with Gasteiger partial charge < -0.3 is 4.90 Å². The fraction of sp³-hybridized carbons (Fsp3) is 0.214. The lowest BCUT2D eigenvalue weighted by molar-refractivity contribution is 0.0734. The molecule has 1 amide bonds. The lowest BCUT2D eigenvalue weighted by Gasteiger charge is -2.26. The van der Waals surface area contributed by atoms with E-state index in [4.69, 9.17) is 0 Å². The van der Waals surface area contributed by atoms with E-state index in [1.165, 1.54) is 0 Å². The summed E-state index contributed by atoms with van der Waals surface area (Å²) < 4.78 is 1.05. The Bertz CT molecular complexity index is 791. The number of nitrogens with one attached hydrogen (secondary N) is 1. The van der Waals surface area contributed by atoms with Crippen LogP contribution in [0.2, 0.25) is 0 Å². The van der Waals surface area contributed by atoms with Gasteiger partial charge in [0.25, 0.3) is 5.91 Å². The first-order valence-corrected chi connectivity index (χ1v) is 7.33. The van der Waals surface area contributed by atoms with E-state index >= 15 is 0 Å². The number of rotatable bonds is 1. The van der Waals surface area contributed by atoms with Gasteiger partial charge in [0.1, 0.15) is 0 Å². The molecule has 0 aliphatic carbocycles. The topological polar surface area (TPSA) is 61.9 Å². The summed E-state index contributed by atoms with van der Waals surface area (Å²) in [5.74, 6) is 0.0761. The molecule has 0 bridgehead atoms. The molecule has 0 atom stereocenters. The number of carbonyl (C=O) groups is 1. The summed E-state index contributed by atoms with van der Waals surface area (Å²) >= 11 is 1.56. The van der Waals surface area contributed by atoms with Gasteiger partial charge in [-0.15, -0.1) is 11.3 Å². The van der Waals surface area contributed by atoms with Crippen molar-refractivity contribution in [2.45, 2.75) is 13.0 Å². The molecule has 2 aromatic heterocycles. The normalized spacial score (nSPS) is 14.5. The highest BCUT2D eigenvalue weighted by atomic mass is 32.1. The van der Waals surface area contributed by atoms with Gasteiger partial charge >= 0.3 is 0 Å². The number of carbonyl (C=O) groups excluding carboxylic acids is 1. The number of H-pyrrole nitrogens is 1. The Balaban J connectivity index is 1.64. The first-order valence-electron chi connectivity index (χ1n) is 6.45. The molecule has 1 aliphatic rings. The quantitative estimate of drug-likeness (QED) is 0.745. The molecular formula is C14H12N4OS. The monoisotopic (exact) mass is 284 g/mol. The van der Waals surface area contributed by atoms with Gasteiger partial charge in [-0.1, -0.05) is 0 Å². The molecule has 6 heteroatoms. The maximum Gasteiger partial charge on any atom is 0.254 e. The SMILES string of the molecule is O=C(c1ccc2ncsc2c1)N1CCc2[nH]ncc2C1. The predicted molar refractivity (Wildman–Crippen MR) is 76.7 cm³/mol. The van der Waals surface area contributed by atoms with Crippen LogP contribution in [0.25, 0.3) is 10.2 Å². The molecule has 3 heterocycles. The second kappa shape index (κ2) is 4.42. The summed E-state index contributed by atoms with van der Waals surface area (Å²) in [6, 6.07) is 5.70. The van der Waals surface area contributed by atoms with Gasteiger partial charge in [0.15, 0.2) is 0 Å². The van der Waals surface area contributed by atoms with Crippen molar-refractivity contribution >= 4 is 27.5 Å². The van der Waals surface area contributed by atoms with Crippen molar-refractivity contribution < 1.29 is 4.79 Å². The number of fused-ring (bicyclic) bond motifs is 2. The van der Waals surface area contributed by atoms with Gasteiger partial charge in [0.2, 0.25) is 0 Å². The third kappa shape index (κ3) is 1.80. The number of thiazole rings is 1. The maximum absolute atomic E-state index is 12.6. The Morgan fingerprint density at radius 3 is 3.30 bits per heavy atom. The number of benzene rings is 1. The molecule has 1 aliphatic heterocycles. The number of nitrogens with zero attached hydrogens (tertiary/aromatic N) is 3. The summed E-state index contributed by atoms with van der Waals surface area (Å²) in [7, 11) is 0. The van der Waals surface area contributed by atoms with E-state index in [-0.39, 0.29) is 5.91 Å². The van der Waals surface area contributed by atoms with Crippen LogP contribution in [0.4, 0.5) is 0 Å². The standard InChI is InChI=1S/C14H12N4OS/c19-14(9-1-2-12-13(5-9)20-8-15-12)18-4-3-11-10(7-18)6-16-17-11/h1-2,5-6,8H,3-4,7H2,(H,16,17). The van der Waals surface area contributed by atoms with Gasteiger partial charge in [0, 0.05) is 36.3 Å². The molecule has 0 radical (unpaired) electrons. The van der Waals surface area contributed by atoms with Crippen LogP contribution >= 0.6 is 11.3 Å². The zero-order chi connectivity index (χ0) is 13.5. The van der Waals surface area contributed by atoms with Crippen LogP contribution < -0.4 is 0 Å². The molecule has 0 spiro atoms. The largest absolute Gasteiger partial charge is 0.334 e. The van der Waals surface area contributed by atoms with Crippen LogP contribution in [-0.4, -0.2) is 32.5 Å². The number of aromatic amines is 1. The van der Waals surface area contributed by atoms with Gasteiger partial charge in [-0.3, -0.25) is 9.89 Å². The van der Waals surface area contributed by atoms with E-state index in [1.807, 2.05) is 23.1 Å². The van der Waals surface area contributed by atoms with Crippen molar-refractivity contribution in [3.05, 3.63) is 46.7 Å². The van der Waals surface area contributed by atoms with Crippen LogP contribution in [-0.2, 0) is 13.0 Å². The molecule has 3 aromatic rings. The van der Waals surface area contributed by atoms with E-state index in [2.05, 4.69) is 15.2 Å². The maximum atomic E-state index is 12.6. The number of amides is 1. The second-order valence-electron chi connectivity index (χ2n) is 4.89. The lowest BCUT2D eigenvalue weighted by Crippen LogP contribution is -2.35. The molecule has 4 rings (SSSR count). The minimum absolute atomic E-state index is 0.0761. The zero-order valence-corrected chi connectivity index (χ0v) is 11.5. The molecule has 0 fully saturated rings. The number of hydrogen-bond acceptors (Lipinski definition) is 4. The van der Waals surface area contributed by atoms with Crippen LogP contribution in [0.5, 0.6) is 0 Å². The number of aromatic nitrogens is 3. The molecule has 20 heavy (non-hydrogen) atoms. The van der Waals surface area contributed by atoms with Gasteiger partial charge in [0.05, 0.1) is 21.9 Å². The van der Waals surface area contributed by atoms with E-state index < -0.39 is 0 Å². The van der Waals surface area contributed by atoms with E-state index in [0.717, 1.165) is 40.0 Å². The summed E-state index contributed by atoms with van der Waals surface area (Å²) in [6.45, 7) is 1.36. The van der Waals surface area contributed by atoms with Crippen LogP contribution in [0.15, 0.2) is 29.9 Å². The molecule has 5 nitrogen and oxygen atoms in total. The predicted octanol–water partition coefficient (Wildman–Crippen LogP) is 2.22. The third-order valence-electron chi connectivity index (χ3n) is 3.67. The number of hydrogen-bond donors (Lipinski definition) is 1. The molecular weight excluding hydrogens is 272 g/mol. The van der Waals surface area contributed by atoms with Crippen molar-refractivity contribution in [2.24, 2.45) is 0 Å². The zero-order valence-electron chi connectivity index (χ0n) is 10.7. The summed E-state index contributed by atoms with van der Waals surface area (Å²) in [4.78, 5) is 18.7. The molecule has 1 N–H and O–H groups in total. The minimum Gasteiger partial charge on any atom is -0.334 e. The lowest BCUT2D eigenvalue weighted by atomic mass is 10.1. The minimum atomic E-state index is 0.0761. The van der Waals surface area contributed by atoms with Crippen molar-refractivity contribution in [3.63, 3.8) is 0 Å². The fourth-order valence-electron chi connectivity index (χ4n) is 2.57. The average Bonchev–Trinajstić information content (AvgIpc) is 3.13. The molecule has 0 unspecified atom stereocenters. The summed E-state index contributed by atoms with van der Waals surface area (Å²) in [5, 5.41) is 7.02. The Morgan fingerprint density at radius 1 is 1.40 bits per heavy atom. The van der Waals surface area contributed by atoms with Crippen molar-refractivity contribution in [1.29, 1.82) is 0 Å². The van der Waals surface area contributed by atoms with E-state index in [9.17, 15) is 4.79 Å². The fourth-order valence-corrected chi connectivity index (χ4v) is 3.28. The average molecular weight is 284 g/mol. The van der Waals surface area contributed by atoms with E-state index in [0.29, 0.717) is 6.54 Å². The Morgan fingerprint density at radius 2 is 2.35 bits per heavy atom. The van der Waals surface area contributed by atoms with E-state index in [1.54, 1.807) is 23.0 Å².